The Morgan fingerprint density at radius 3 is 2.70 bits per heavy atom. The lowest BCUT2D eigenvalue weighted by Crippen LogP contribution is -2.35. The molecule has 6 nitrogen and oxygen atoms in total. The third-order valence-electron chi connectivity index (χ3n) is 4.84. The lowest BCUT2D eigenvalue weighted by molar-refractivity contribution is -0.120. The summed E-state index contributed by atoms with van der Waals surface area (Å²) in [6.45, 7) is 1.68. The van der Waals surface area contributed by atoms with Crippen LogP contribution in [0, 0.1) is 11.3 Å². The van der Waals surface area contributed by atoms with Gasteiger partial charge in [0.1, 0.15) is 4.21 Å². The lowest BCUT2D eigenvalue weighted by atomic mass is 10.1. The highest BCUT2D eigenvalue weighted by molar-refractivity contribution is 7.98. The maximum atomic E-state index is 12.7. The van der Waals surface area contributed by atoms with Crippen molar-refractivity contribution in [2.75, 3.05) is 25.4 Å². The summed E-state index contributed by atoms with van der Waals surface area (Å²) in [5.41, 5.74) is 1.68. The van der Waals surface area contributed by atoms with Gasteiger partial charge < -0.3 is 5.32 Å². The van der Waals surface area contributed by atoms with Crippen LogP contribution in [0.2, 0.25) is 0 Å². The maximum Gasteiger partial charge on any atom is 0.252 e. The van der Waals surface area contributed by atoms with Crippen molar-refractivity contribution in [1.82, 2.24) is 9.62 Å². The SMILES string of the molecule is N#Cc1ccccc1CSCCNC(=O)Cc1ccc(S(=O)(=O)N2CCCCC2)s1. The zero-order chi connectivity index (χ0) is 21.4. The van der Waals surface area contributed by atoms with E-state index in [-0.39, 0.29) is 12.3 Å². The molecule has 0 saturated carbocycles. The number of hydrogen-bond acceptors (Lipinski definition) is 6. The average molecular weight is 464 g/mol. The number of carbonyl (C=O) groups excluding carboxylic acids is 1. The van der Waals surface area contributed by atoms with E-state index in [0.29, 0.717) is 29.4 Å². The minimum Gasteiger partial charge on any atom is -0.355 e. The average Bonchev–Trinajstić information content (AvgIpc) is 3.23. The standard InChI is InChI=1S/C21H25N3O3S3/c22-15-17-6-2-3-7-18(17)16-28-13-10-23-20(25)14-19-8-9-21(29-19)30(26,27)24-11-4-1-5-12-24/h2-3,6-9H,1,4-5,10-14,16H2,(H,23,25). The van der Waals surface area contributed by atoms with Gasteiger partial charge in [-0.05, 0) is 36.6 Å². The second-order valence-electron chi connectivity index (χ2n) is 7.03. The number of benzene rings is 1. The first kappa shape index (κ1) is 22.8. The second-order valence-corrected chi connectivity index (χ2v) is 11.5. The smallest absolute Gasteiger partial charge is 0.252 e. The molecule has 1 N–H and O–H groups in total. The molecule has 1 amide bonds. The number of amides is 1. The summed E-state index contributed by atoms with van der Waals surface area (Å²) in [4.78, 5) is 12.9. The molecule has 0 atom stereocenters. The zero-order valence-electron chi connectivity index (χ0n) is 16.7. The van der Waals surface area contributed by atoms with E-state index in [9.17, 15) is 13.2 Å². The Morgan fingerprint density at radius 1 is 1.17 bits per heavy atom. The van der Waals surface area contributed by atoms with E-state index < -0.39 is 10.0 Å². The van der Waals surface area contributed by atoms with E-state index in [0.717, 1.165) is 41.2 Å². The van der Waals surface area contributed by atoms with E-state index in [1.807, 2.05) is 18.2 Å². The Morgan fingerprint density at radius 2 is 1.93 bits per heavy atom. The van der Waals surface area contributed by atoms with Crippen LogP contribution in [0.15, 0.2) is 40.6 Å². The molecule has 3 rings (SSSR count). The van der Waals surface area contributed by atoms with Gasteiger partial charge in [-0.3, -0.25) is 4.79 Å². The number of thiophene rings is 1. The minimum absolute atomic E-state index is 0.114. The first-order valence-corrected chi connectivity index (χ1v) is 13.3. The summed E-state index contributed by atoms with van der Waals surface area (Å²) in [6, 6.07) is 13.0. The van der Waals surface area contributed by atoms with Crippen molar-refractivity contribution < 1.29 is 13.2 Å². The van der Waals surface area contributed by atoms with Crippen molar-refractivity contribution in [3.05, 3.63) is 52.4 Å². The van der Waals surface area contributed by atoms with Crippen LogP contribution in [0.25, 0.3) is 0 Å². The van der Waals surface area contributed by atoms with Crippen molar-refractivity contribution in [3.63, 3.8) is 0 Å². The second kappa shape index (κ2) is 11.0. The number of thioether (sulfide) groups is 1. The normalized spacial score (nSPS) is 14.9. The summed E-state index contributed by atoms with van der Waals surface area (Å²) >= 11 is 2.84. The fourth-order valence-corrected chi connectivity index (χ4v) is 7.13. The number of nitrogens with one attached hydrogen (secondary N) is 1. The van der Waals surface area contributed by atoms with Crippen molar-refractivity contribution in [1.29, 1.82) is 5.26 Å². The molecule has 0 radical (unpaired) electrons. The first-order chi connectivity index (χ1) is 14.5. The molecule has 0 aliphatic carbocycles. The van der Waals surface area contributed by atoms with Gasteiger partial charge in [-0.1, -0.05) is 24.6 Å². The number of hydrogen-bond donors (Lipinski definition) is 1. The molecule has 2 heterocycles. The molecular formula is C21H25N3O3S3. The Kier molecular flexibility index (Phi) is 8.33. The highest BCUT2D eigenvalue weighted by Gasteiger charge is 2.27. The predicted octanol–water partition coefficient (Wildman–Crippen LogP) is 3.39. The van der Waals surface area contributed by atoms with Crippen LogP contribution >= 0.6 is 23.1 Å². The number of carbonyl (C=O) groups is 1. The van der Waals surface area contributed by atoms with Gasteiger partial charge in [0, 0.05) is 36.0 Å². The molecule has 0 unspecified atom stereocenters. The summed E-state index contributed by atoms with van der Waals surface area (Å²) in [6.07, 6.45) is 3.06. The molecule has 2 aromatic rings. The number of piperidine rings is 1. The molecule has 1 aromatic carbocycles. The van der Waals surface area contributed by atoms with Crippen LogP contribution in [0.3, 0.4) is 0 Å². The number of nitriles is 1. The Balaban J connectivity index is 1.42. The number of rotatable bonds is 9. The topological polar surface area (TPSA) is 90.3 Å². The first-order valence-electron chi connectivity index (χ1n) is 9.92. The van der Waals surface area contributed by atoms with Gasteiger partial charge in [-0.25, -0.2) is 8.42 Å². The molecular weight excluding hydrogens is 438 g/mol. The van der Waals surface area contributed by atoms with Gasteiger partial charge in [0.2, 0.25) is 5.91 Å². The molecule has 0 bridgehead atoms. The van der Waals surface area contributed by atoms with Crippen LogP contribution < -0.4 is 5.32 Å². The lowest BCUT2D eigenvalue weighted by Gasteiger charge is -2.25. The van der Waals surface area contributed by atoms with Crippen LogP contribution in [0.5, 0.6) is 0 Å². The fourth-order valence-electron chi connectivity index (χ4n) is 3.25. The van der Waals surface area contributed by atoms with Crippen molar-refractivity contribution in [2.45, 2.75) is 35.6 Å². The highest BCUT2D eigenvalue weighted by Crippen LogP contribution is 2.27. The number of sulfonamides is 1. The molecule has 160 valence electrons. The van der Waals surface area contributed by atoms with Crippen LogP contribution in [0.1, 0.15) is 35.3 Å². The molecule has 1 aromatic heterocycles. The molecule has 0 spiro atoms. The molecule has 1 aliphatic heterocycles. The summed E-state index contributed by atoms with van der Waals surface area (Å²) in [7, 11) is -3.44. The molecule has 30 heavy (non-hydrogen) atoms. The quantitative estimate of drug-likeness (QED) is 0.576. The van der Waals surface area contributed by atoms with E-state index in [2.05, 4.69) is 11.4 Å². The Labute approximate surface area is 186 Å². The molecule has 9 heteroatoms. The van der Waals surface area contributed by atoms with Gasteiger partial charge in [0.25, 0.3) is 10.0 Å². The summed E-state index contributed by atoms with van der Waals surface area (Å²) in [5, 5.41) is 12.0. The highest BCUT2D eigenvalue weighted by atomic mass is 32.2. The Bertz CT molecular complexity index is 1010. The Hall–Kier alpha value is -1.86. The fraction of sp³-hybridized carbons (Fsp3) is 0.429. The minimum atomic E-state index is -3.44. The van der Waals surface area contributed by atoms with Gasteiger partial charge >= 0.3 is 0 Å². The van der Waals surface area contributed by atoms with Gasteiger partial charge in [-0.2, -0.15) is 21.3 Å². The van der Waals surface area contributed by atoms with Gasteiger partial charge in [0.15, 0.2) is 0 Å². The van der Waals surface area contributed by atoms with E-state index in [1.54, 1.807) is 34.3 Å². The molecule has 1 aliphatic rings. The number of nitrogens with zero attached hydrogens (tertiary/aromatic N) is 2. The van der Waals surface area contributed by atoms with Crippen molar-refractivity contribution in [3.8, 4) is 6.07 Å². The molecule has 1 saturated heterocycles. The molecule has 1 fully saturated rings. The summed E-state index contributed by atoms with van der Waals surface area (Å²) in [5.74, 6) is 1.35. The van der Waals surface area contributed by atoms with Crippen LogP contribution in [0.4, 0.5) is 0 Å². The summed E-state index contributed by atoms with van der Waals surface area (Å²) < 4.78 is 27.3. The van der Waals surface area contributed by atoms with Crippen molar-refractivity contribution >= 4 is 39.0 Å². The zero-order valence-corrected chi connectivity index (χ0v) is 19.1. The van der Waals surface area contributed by atoms with Gasteiger partial charge in [-0.15, -0.1) is 11.3 Å². The third kappa shape index (κ3) is 6.08. The van der Waals surface area contributed by atoms with Crippen LogP contribution in [-0.4, -0.2) is 44.0 Å². The predicted molar refractivity (Wildman–Crippen MR) is 121 cm³/mol. The van der Waals surface area contributed by atoms with Gasteiger partial charge in [0.05, 0.1) is 18.1 Å². The monoisotopic (exact) mass is 463 g/mol. The van der Waals surface area contributed by atoms with Crippen LogP contribution in [-0.2, 0) is 27.0 Å². The van der Waals surface area contributed by atoms with E-state index in [1.165, 1.54) is 11.3 Å². The van der Waals surface area contributed by atoms with Crippen molar-refractivity contribution in [2.24, 2.45) is 0 Å². The third-order valence-corrected chi connectivity index (χ3v) is 9.30. The van der Waals surface area contributed by atoms with E-state index in [4.69, 9.17) is 5.26 Å². The maximum absolute atomic E-state index is 12.7. The largest absolute Gasteiger partial charge is 0.355 e. The van der Waals surface area contributed by atoms with E-state index >= 15 is 0 Å².